The van der Waals surface area contributed by atoms with Gasteiger partial charge >= 0.3 is 0 Å². The standard InChI is InChI=1S/C15H16N4/c1-11-9-13(16)15-17-14(18-19(15)10-11)8-7-12-5-3-2-4-6-12/h2-6,9-10H,7-8,16H2,1H3. The Hall–Kier alpha value is -2.36. The van der Waals surface area contributed by atoms with Gasteiger partial charge in [-0.1, -0.05) is 30.3 Å². The van der Waals surface area contributed by atoms with Crippen molar-refractivity contribution in [1.82, 2.24) is 14.6 Å². The minimum Gasteiger partial charge on any atom is -0.396 e. The normalized spacial score (nSPS) is 11.0. The number of fused-ring (bicyclic) bond motifs is 1. The highest BCUT2D eigenvalue weighted by atomic mass is 15.3. The lowest BCUT2D eigenvalue weighted by Crippen LogP contribution is -1.95. The van der Waals surface area contributed by atoms with Crippen LogP contribution >= 0.6 is 0 Å². The van der Waals surface area contributed by atoms with Crippen molar-refractivity contribution in [3.8, 4) is 0 Å². The van der Waals surface area contributed by atoms with Gasteiger partial charge in [-0.05, 0) is 30.5 Å². The molecule has 19 heavy (non-hydrogen) atoms. The highest BCUT2D eigenvalue weighted by Gasteiger charge is 2.07. The van der Waals surface area contributed by atoms with Gasteiger partial charge in [-0.15, -0.1) is 0 Å². The molecule has 2 aromatic heterocycles. The van der Waals surface area contributed by atoms with Gasteiger partial charge in [-0.25, -0.2) is 9.50 Å². The van der Waals surface area contributed by atoms with Crippen molar-refractivity contribution in [2.45, 2.75) is 19.8 Å². The van der Waals surface area contributed by atoms with E-state index in [1.165, 1.54) is 5.56 Å². The second-order valence-electron chi connectivity index (χ2n) is 4.75. The van der Waals surface area contributed by atoms with Gasteiger partial charge in [0.05, 0.1) is 5.69 Å². The van der Waals surface area contributed by atoms with Crippen molar-refractivity contribution in [2.24, 2.45) is 0 Å². The van der Waals surface area contributed by atoms with E-state index in [9.17, 15) is 0 Å². The first-order chi connectivity index (χ1) is 9.22. The molecule has 2 heterocycles. The molecule has 0 unspecified atom stereocenters. The predicted octanol–water partition coefficient (Wildman–Crippen LogP) is 2.41. The van der Waals surface area contributed by atoms with Crippen molar-refractivity contribution in [2.75, 3.05) is 5.73 Å². The quantitative estimate of drug-likeness (QED) is 0.778. The molecule has 3 rings (SSSR count). The molecule has 1 aromatic carbocycles. The molecule has 0 amide bonds. The first-order valence-corrected chi connectivity index (χ1v) is 6.38. The molecule has 2 N–H and O–H groups in total. The van der Waals surface area contributed by atoms with Gasteiger partial charge in [0.15, 0.2) is 11.5 Å². The number of aryl methyl sites for hydroxylation is 3. The number of benzene rings is 1. The summed E-state index contributed by atoms with van der Waals surface area (Å²) in [6, 6.07) is 12.3. The van der Waals surface area contributed by atoms with Crippen LogP contribution < -0.4 is 5.73 Å². The largest absolute Gasteiger partial charge is 0.396 e. The van der Waals surface area contributed by atoms with E-state index in [0.717, 1.165) is 29.9 Å². The Labute approximate surface area is 111 Å². The zero-order valence-electron chi connectivity index (χ0n) is 10.9. The number of nitrogen functional groups attached to an aromatic ring is 1. The van der Waals surface area contributed by atoms with E-state index in [1.807, 2.05) is 37.4 Å². The highest BCUT2D eigenvalue weighted by molar-refractivity contribution is 5.64. The molecule has 4 nitrogen and oxygen atoms in total. The number of pyridine rings is 1. The van der Waals surface area contributed by atoms with E-state index >= 15 is 0 Å². The maximum atomic E-state index is 5.95. The fraction of sp³-hybridized carbons (Fsp3) is 0.200. The summed E-state index contributed by atoms with van der Waals surface area (Å²) in [6.07, 6.45) is 3.71. The van der Waals surface area contributed by atoms with Crippen LogP contribution in [0.15, 0.2) is 42.6 Å². The molecular formula is C15H16N4. The van der Waals surface area contributed by atoms with Crippen LogP contribution in [0.5, 0.6) is 0 Å². The van der Waals surface area contributed by atoms with Gasteiger partial charge in [-0.3, -0.25) is 0 Å². The Morgan fingerprint density at radius 1 is 1.16 bits per heavy atom. The van der Waals surface area contributed by atoms with E-state index in [2.05, 4.69) is 22.2 Å². The molecule has 0 radical (unpaired) electrons. The van der Waals surface area contributed by atoms with Gasteiger partial charge in [0.2, 0.25) is 0 Å². The summed E-state index contributed by atoms with van der Waals surface area (Å²) in [6.45, 7) is 2.00. The third-order valence-corrected chi connectivity index (χ3v) is 3.12. The Morgan fingerprint density at radius 3 is 2.74 bits per heavy atom. The molecule has 0 atom stereocenters. The van der Waals surface area contributed by atoms with Gasteiger partial charge in [-0.2, -0.15) is 5.10 Å². The zero-order chi connectivity index (χ0) is 13.2. The summed E-state index contributed by atoms with van der Waals surface area (Å²) < 4.78 is 1.77. The predicted molar refractivity (Wildman–Crippen MR) is 76.0 cm³/mol. The Bertz CT molecular complexity index is 701. The number of nitrogens with zero attached hydrogens (tertiary/aromatic N) is 3. The highest BCUT2D eigenvalue weighted by Crippen LogP contribution is 2.14. The Kier molecular flexibility index (Phi) is 2.91. The number of nitrogens with two attached hydrogens (primary N) is 1. The molecular weight excluding hydrogens is 236 g/mol. The van der Waals surface area contributed by atoms with Crippen LogP contribution in [0.1, 0.15) is 17.0 Å². The molecule has 3 aromatic rings. The molecule has 96 valence electrons. The van der Waals surface area contributed by atoms with Crippen molar-refractivity contribution in [3.63, 3.8) is 0 Å². The van der Waals surface area contributed by atoms with Crippen molar-refractivity contribution in [1.29, 1.82) is 0 Å². The van der Waals surface area contributed by atoms with Crippen LogP contribution in [0.4, 0.5) is 5.69 Å². The summed E-state index contributed by atoms with van der Waals surface area (Å²) in [5.74, 6) is 0.834. The summed E-state index contributed by atoms with van der Waals surface area (Å²) in [7, 11) is 0. The number of hydrogen-bond donors (Lipinski definition) is 1. The van der Waals surface area contributed by atoms with Gasteiger partial charge in [0, 0.05) is 12.6 Å². The first kappa shape index (κ1) is 11.7. The smallest absolute Gasteiger partial charge is 0.178 e. The Balaban J connectivity index is 1.84. The molecule has 0 saturated carbocycles. The van der Waals surface area contributed by atoms with E-state index in [1.54, 1.807) is 4.52 Å². The summed E-state index contributed by atoms with van der Waals surface area (Å²) in [5.41, 5.74) is 9.76. The van der Waals surface area contributed by atoms with Crippen LogP contribution in [0.3, 0.4) is 0 Å². The Morgan fingerprint density at radius 2 is 1.95 bits per heavy atom. The average molecular weight is 252 g/mol. The second kappa shape index (κ2) is 4.72. The molecule has 0 aliphatic heterocycles. The fourth-order valence-corrected chi connectivity index (χ4v) is 2.20. The third-order valence-electron chi connectivity index (χ3n) is 3.12. The molecule has 0 aliphatic carbocycles. The topological polar surface area (TPSA) is 56.2 Å². The lowest BCUT2D eigenvalue weighted by molar-refractivity contribution is 0.835. The van der Waals surface area contributed by atoms with Gasteiger partial charge in [0.1, 0.15) is 0 Å². The molecule has 0 bridgehead atoms. The number of aromatic nitrogens is 3. The van der Waals surface area contributed by atoms with E-state index < -0.39 is 0 Å². The maximum Gasteiger partial charge on any atom is 0.178 e. The minimum absolute atomic E-state index is 0.679. The second-order valence-corrected chi connectivity index (χ2v) is 4.75. The lowest BCUT2D eigenvalue weighted by Gasteiger charge is -1.97. The molecule has 0 saturated heterocycles. The number of anilines is 1. The van der Waals surface area contributed by atoms with Crippen molar-refractivity contribution in [3.05, 3.63) is 59.5 Å². The van der Waals surface area contributed by atoms with E-state index in [0.29, 0.717) is 5.69 Å². The van der Waals surface area contributed by atoms with Crippen molar-refractivity contribution < 1.29 is 0 Å². The van der Waals surface area contributed by atoms with E-state index in [4.69, 9.17) is 5.73 Å². The summed E-state index contributed by atoms with van der Waals surface area (Å²) in [4.78, 5) is 4.50. The van der Waals surface area contributed by atoms with Crippen LogP contribution in [0.25, 0.3) is 5.65 Å². The minimum atomic E-state index is 0.679. The van der Waals surface area contributed by atoms with Gasteiger partial charge < -0.3 is 5.73 Å². The lowest BCUT2D eigenvalue weighted by atomic mass is 10.1. The van der Waals surface area contributed by atoms with Crippen LogP contribution in [-0.2, 0) is 12.8 Å². The summed E-state index contributed by atoms with van der Waals surface area (Å²) >= 11 is 0. The molecule has 4 heteroatoms. The third kappa shape index (κ3) is 2.42. The monoisotopic (exact) mass is 252 g/mol. The van der Waals surface area contributed by atoms with Gasteiger partial charge in [0.25, 0.3) is 0 Å². The van der Waals surface area contributed by atoms with Crippen LogP contribution in [0, 0.1) is 6.92 Å². The molecule has 0 spiro atoms. The number of hydrogen-bond acceptors (Lipinski definition) is 3. The fourth-order valence-electron chi connectivity index (χ4n) is 2.20. The maximum absolute atomic E-state index is 5.95. The van der Waals surface area contributed by atoms with E-state index in [-0.39, 0.29) is 0 Å². The van der Waals surface area contributed by atoms with Crippen LogP contribution in [-0.4, -0.2) is 14.6 Å². The first-order valence-electron chi connectivity index (χ1n) is 6.38. The van der Waals surface area contributed by atoms with Crippen LogP contribution in [0.2, 0.25) is 0 Å². The molecule has 0 fully saturated rings. The molecule has 0 aliphatic rings. The summed E-state index contributed by atoms with van der Waals surface area (Å²) in [5, 5.41) is 4.48. The zero-order valence-corrected chi connectivity index (χ0v) is 10.9. The average Bonchev–Trinajstić information content (AvgIpc) is 2.81. The van der Waals surface area contributed by atoms with Crippen molar-refractivity contribution >= 4 is 11.3 Å². The SMILES string of the molecule is Cc1cc(N)c2nc(CCc3ccccc3)nn2c1. The number of rotatable bonds is 3.